The Balaban J connectivity index is 2.30. The number of aryl methyl sites for hydroxylation is 1. The van der Waals surface area contributed by atoms with Crippen molar-refractivity contribution in [1.29, 1.82) is 0 Å². The summed E-state index contributed by atoms with van der Waals surface area (Å²) in [4.78, 5) is 25.4. The number of amides is 1. The second-order valence-corrected chi connectivity index (χ2v) is 4.60. The summed E-state index contributed by atoms with van der Waals surface area (Å²) < 4.78 is 23.6. The number of carbonyl (C=O) groups excluding carboxylic acids is 2. The highest BCUT2D eigenvalue weighted by Gasteiger charge is 2.35. The fourth-order valence-corrected chi connectivity index (χ4v) is 2.14. The third-order valence-corrected chi connectivity index (χ3v) is 3.21. The summed E-state index contributed by atoms with van der Waals surface area (Å²) in [7, 11) is 1.24. The lowest BCUT2D eigenvalue weighted by Crippen LogP contribution is -2.53. The van der Waals surface area contributed by atoms with E-state index in [0.29, 0.717) is 6.61 Å². The fraction of sp³-hybridized carbons (Fsp3) is 0.429. The van der Waals surface area contributed by atoms with Crippen LogP contribution in [0.25, 0.3) is 0 Å². The number of benzene rings is 1. The van der Waals surface area contributed by atoms with Gasteiger partial charge in [0.15, 0.2) is 6.04 Å². The van der Waals surface area contributed by atoms with E-state index in [1.165, 1.54) is 24.1 Å². The molecule has 108 valence electrons. The Morgan fingerprint density at radius 1 is 1.45 bits per heavy atom. The molecule has 0 saturated carbocycles. The lowest BCUT2D eigenvalue weighted by Gasteiger charge is -2.33. The molecule has 2 rings (SSSR count). The summed E-state index contributed by atoms with van der Waals surface area (Å²) in [6.07, 6.45) is 0. The molecule has 1 amide bonds. The molecule has 1 fully saturated rings. The van der Waals surface area contributed by atoms with Crippen LogP contribution in [0.2, 0.25) is 0 Å². The molecule has 1 aliphatic heterocycles. The summed E-state index contributed by atoms with van der Waals surface area (Å²) >= 11 is 0. The fourth-order valence-electron chi connectivity index (χ4n) is 2.14. The van der Waals surface area contributed by atoms with Gasteiger partial charge in [-0.2, -0.15) is 0 Å². The van der Waals surface area contributed by atoms with Crippen LogP contribution in [-0.4, -0.2) is 49.7 Å². The SMILES string of the molecule is COC(=O)C1COCCN1C(=O)c1cc(C)ccc1F. The van der Waals surface area contributed by atoms with Crippen molar-refractivity contribution in [2.24, 2.45) is 0 Å². The van der Waals surface area contributed by atoms with Gasteiger partial charge in [-0.3, -0.25) is 4.79 Å². The minimum Gasteiger partial charge on any atom is -0.467 e. The van der Waals surface area contributed by atoms with E-state index < -0.39 is 23.7 Å². The lowest BCUT2D eigenvalue weighted by molar-refractivity contribution is -0.151. The van der Waals surface area contributed by atoms with E-state index in [1.54, 1.807) is 13.0 Å². The first-order chi connectivity index (χ1) is 9.54. The van der Waals surface area contributed by atoms with Crippen molar-refractivity contribution >= 4 is 11.9 Å². The number of hydrogen-bond donors (Lipinski definition) is 0. The quantitative estimate of drug-likeness (QED) is 0.763. The van der Waals surface area contributed by atoms with Crippen molar-refractivity contribution < 1.29 is 23.5 Å². The third kappa shape index (κ3) is 2.80. The van der Waals surface area contributed by atoms with Gasteiger partial charge >= 0.3 is 5.97 Å². The van der Waals surface area contributed by atoms with Gasteiger partial charge in [0, 0.05) is 6.54 Å². The van der Waals surface area contributed by atoms with E-state index in [2.05, 4.69) is 4.74 Å². The van der Waals surface area contributed by atoms with Crippen LogP contribution in [0.4, 0.5) is 4.39 Å². The van der Waals surface area contributed by atoms with Crippen molar-refractivity contribution in [3.05, 3.63) is 35.1 Å². The highest BCUT2D eigenvalue weighted by Crippen LogP contribution is 2.17. The third-order valence-electron chi connectivity index (χ3n) is 3.21. The molecule has 1 saturated heterocycles. The molecule has 0 aromatic heterocycles. The van der Waals surface area contributed by atoms with E-state index >= 15 is 0 Å². The highest BCUT2D eigenvalue weighted by molar-refractivity contribution is 5.97. The molecule has 1 unspecified atom stereocenters. The molecular formula is C14H16FNO4. The normalized spacial score (nSPS) is 18.8. The number of nitrogens with zero attached hydrogens (tertiary/aromatic N) is 1. The molecule has 0 bridgehead atoms. The van der Waals surface area contributed by atoms with Crippen molar-refractivity contribution in [3.8, 4) is 0 Å². The topological polar surface area (TPSA) is 55.8 Å². The summed E-state index contributed by atoms with van der Waals surface area (Å²) in [6.45, 7) is 2.37. The maximum atomic E-state index is 13.8. The van der Waals surface area contributed by atoms with Gasteiger partial charge in [-0.1, -0.05) is 11.6 Å². The first-order valence-corrected chi connectivity index (χ1v) is 6.27. The number of halogens is 1. The average Bonchev–Trinajstić information content (AvgIpc) is 2.48. The first-order valence-electron chi connectivity index (χ1n) is 6.27. The van der Waals surface area contributed by atoms with Crippen LogP contribution in [-0.2, 0) is 14.3 Å². The summed E-state index contributed by atoms with van der Waals surface area (Å²) in [5, 5.41) is 0. The van der Waals surface area contributed by atoms with E-state index in [4.69, 9.17) is 4.74 Å². The molecule has 1 heterocycles. The lowest BCUT2D eigenvalue weighted by atomic mass is 10.1. The Morgan fingerprint density at radius 3 is 2.90 bits per heavy atom. The predicted octanol–water partition coefficient (Wildman–Crippen LogP) is 1.15. The number of methoxy groups -OCH3 is 1. The van der Waals surface area contributed by atoms with Gasteiger partial charge < -0.3 is 14.4 Å². The molecule has 1 aromatic carbocycles. The van der Waals surface area contributed by atoms with Gasteiger partial charge in [0.1, 0.15) is 5.82 Å². The van der Waals surface area contributed by atoms with E-state index in [-0.39, 0.29) is 18.7 Å². The summed E-state index contributed by atoms with van der Waals surface area (Å²) in [5.74, 6) is -1.69. The van der Waals surface area contributed by atoms with Crippen LogP contribution < -0.4 is 0 Å². The molecule has 1 atom stereocenters. The van der Waals surface area contributed by atoms with Crippen molar-refractivity contribution in [2.75, 3.05) is 26.9 Å². The Kier molecular flexibility index (Phi) is 4.34. The van der Waals surface area contributed by atoms with Gasteiger partial charge in [0.05, 0.1) is 25.9 Å². The maximum absolute atomic E-state index is 13.8. The van der Waals surface area contributed by atoms with Gasteiger partial charge in [-0.25, -0.2) is 9.18 Å². The number of carbonyl (C=O) groups is 2. The van der Waals surface area contributed by atoms with Crippen molar-refractivity contribution in [3.63, 3.8) is 0 Å². The zero-order chi connectivity index (χ0) is 14.7. The second kappa shape index (κ2) is 6.00. The summed E-state index contributed by atoms with van der Waals surface area (Å²) in [6, 6.07) is 3.47. The minimum absolute atomic E-state index is 0.0409. The molecule has 5 nitrogen and oxygen atoms in total. The molecule has 1 aromatic rings. The van der Waals surface area contributed by atoms with E-state index in [9.17, 15) is 14.0 Å². The number of morpholine rings is 1. The van der Waals surface area contributed by atoms with Crippen LogP contribution in [0.3, 0.4) is 0 Å². The molecule has 1 aliphatic rings. The Morgan fingerprint density at radius 2 is 2.20 bits per heavy atom. The van der Waals surface area contributed by atoms with Gasteiger partial charge in [-0.05, 0) is 19.1 Å². The Hall–Kier alpha value is -1.95. The largest absolute Gasteiger partial charge is 0.467 e. The standard InChI is InChI=1S/C14H16FNO4/c1-9-3-4-11(15)10(7-9)13(17)16-5-6-20-8-12(16)14(18)19-2/h3-4,7,12H,5-6,8H2,1-2H3. The average molecular weight is 281 g/mol. The molecule has 6 heteroatoms. The number of esters is 1. The van der Waals surface area contributed by atoms with Crippen molar-refractivity contribution in [1.82, 2.24) is 4.90 Å². The zero-order valence-electron chi connectivity index (χ0n) is 11.4. The monoisotopic (exact) mass is 281 g/mol. The van der Waals surface area contributed by atoms with Gasteiger partial charge in [-0.15, -0.1) is 0 Å². The van der Waals surface area contributed by atoms with Crippen LogP contribution in [0.5, 0.6) is 0 Å². The zero-order valence-corrected chi connectivity index (χ0v) is 11.4. The molecule has 0 radical (unpaired) electrons. The van der Waals surface area contributed by atoms with Crippen LogP contribution in [0, 0.1) is 12.7 Å². The van der Waals surface area contributed by atoms with E-state index in [1.807, 2.05) is 0 Å². The Bertz CT molecular complexity index is 532. The second-order valence-electron chi connectivity index (χ2n) is 4.60. The van der Waals surface area contributed by atoms with Crippen LogP contribution in [0.1, 0.15) is 15.9 Å². The smallest absolute Gasteiger partial charge is 0.331 e. The molecule has 0 N–H and O–H groups in total. The van der Waals surface area contributed by atoms with Crippen LogP contribution >= 0.6 is 0 Å². The van der Waals surface area contributed by atoms with E-state index in [0.717, 1.165) is 5.56 Å². The first kappa shape index (κ1) is 14.5. The molecule has 0 aliphatic carbocycles. The van der Waals surface area contributed by atoms with Gasteiger partial charge in [0.2, 0.25) is 0 Å². The van der Waals surface area contributed by atoms with Crippen molar-refractivity contribution in [2.45, 2.75) is 13.0 Å². The predicted molar refractivity (Wildman–Crippen MR) is 68.8 cm³/mol. The molecular weight excluding hydrogens is 265 g/mol. The number of rotatable bonds is 2. The molecule has 0 spiro atoms. The minimum atomic E-state index is -0.832. The van der Waals surface area contributed by atoms with Crippen LogP contribution in [0.15, 0.2) is 18.2 Å². The number of hydrogen-bond acceptors (Lipinski definition) is 4. The Labute approximate surface area is 116 Å². The summed E-state index contributed by atoms with van der Waals surface area (Å²) in [5.41, 5.74) is 0.735. The molecule has 20 heavy (non-hydrogen) atoms. The maximum Gasteiger partial charge on any atom is 0.331 e. The highest BCUT2D eigenvalue weighted by atomic mass is 19.1. The van der Waals surface area contributed by atoms with Gasteiger partial charge in [0.25, 0.3) is 5.91 Å². The number of ether oxygens (including phenoxy) is 2.